The Balaban J connectivity index is 2.03. The zero-order valence-electron chi connectivity index (χ0n) is 14.7. The molecule has 1 aliphatic rings. The molecule has 0 aliphatic heterocycles. The Labute approximate surface area is 143 Å². The van der Waals surface area contributed by atoms with Crippen molar-refractivity contribution < 1.29 is 14.6 Å². The first-order valence-electron chi connectivity index (χ1n) is 8.54. The SMILES string of the molecule is COc1cc(C)cc(-c2nccn2[C@@H]2CCC[C@@H](CO)C2)c1OC. The molecule has 1 N–H and O–H groups in total. The van der Waals surface area contributed by atoms with Gasteiger partial charge in [0.25, 0.3) is 0 Å². The number of methoxy groups -OCH3 is 2. The minimum Gasteiger partial charge on any atom is -0.493 e. The molecule has 0 amide bonds. The number of aromatic nitrogens is 2. The second-order valence-corrected chi connectivity index (χ2v) is 6.58. The molecule has 2 atom stereocenters. The van der Waals surface area contributed by atoms with Gasteiger partial charge in [0.2, 0.25) is 0 Å². The predicted octanol–water partition coefficient (Wildman–Crippen LogP) is 3.60. The first-order valence-corrected chi connectivity index (χ1v) is 8.54. The molecule has 1 aromatic carbocycles. The molecule has 0 saturated heterocycles. The number of hydrogen-bond acceptors (Lipinski definition) is 4. The average molecular weight is 330 g/mol. The van der Waals surface area contributed by atoms with E-state index in [1.165, 1.54) is 0 Å². The second-order valence-electron chi connectivity index (χ2n) is 6.58. The van der Waals surface area contributed by atoms with Crippen molar-refractivity contribution in [2.24, 2.45) is 5.92 Å². The van der Waals surface area contributed by atoms with Crippen LogP contribution in [0.25, 0.3) is 11.4 Å². The van der Waals surface area contributed by atoms with Crippen molar-refractivity contribution in [2.75, 3.05) is 20.8 Å². The lowest BCUT2D eigenvalue weighted by atomic mass is 9.86. The number of aliphatic hydroxyl groups is 1. The molecule has 5 heteroatoms. The standard InChI is InChI=1S/C19H26N2O3/c1-13-9-16(18(24-3)17(10-13)23-2)19-20-7-8-21(19)15-6-4-5-14(11-15)12-22/h7-10,14-15,22H,4-6,11-12H2,1-3H3/t14-,15-/m1/s1. The van der Waals surface area contributed by atoms with E-state index in [0.717, 1.165) is 48.4 Å². The Hall–Kier alpha value is -2.01. The molecule has 1 aromatic heterocycles. The van der Waals surface area contributed by atoms with E-state index in [0.29, 0.717) is 17.7 Å². The van der Waals surface area contributed by atoms with Gasteiger partial charge in [0, 0.05) is 25.0 Å². The lowest BCUT2D eigenvalue weighted by molar-refractivity contribution is 0.163. The van der Waals surface area contributed by atoms with E-state index in [1.54, 1.807) is 14.2 Å². The van der Waals surface area contributed by atoms with Crippen molar-refractivity contribution in [3.8, 4) is 22.9 Å². The molecule has 1 heterocycles. The fourth-order valence-electron chi connectivity index (χ4n) is 3.77. The summed E-state index contributed by atoms with van der Waals surface area (Å²) >= 11 is 0. The summed E-state index contributed by atoms with van der Waals surface area (Å²) in [5, 5.41) is 9.52. The van der Waals surface area contributed by atoms with Crippen molar-refractivity contribution in [3.63, 3.8) is 0 Å². The molecule has 0 unspecified atom stereocenters. The number of hydrogen-bond donors (Lipinski definition) is 1. The van der Waals surface area contributed by atoms with Crippen LogP contribution < -0.4 is 9.47 Å². The summed E-state index contributed by atoms with van der Waals surface area (Å²) in [4.78, 5) is 4.60. The largest absolute Gasteiger partial charge is 0.493 e. The minimum absolute atomic E-state index is 0.266. The van der Waals surface area contributed by atoms with Crippen LogP contribution >= 0.6 is 0 Å². The molecule has 1 fully saturated rings. The van der Waals surface area contributed by atoms with E-state index in [-0.39, 0.29) is 6.61 Å². The van der Waals surface area contributed by atoms with Crippen molar-refractivity contribution in [3.05, 3.63) is 30.1 Å². The van der Waals surface area contributed by atoms with Crippen LogP contribution in [0.4, 0.5) is 0 Å². The molecule has 2 aromatic rings. The van der Waals surface area contributed by atoms with Crippen LogP contribution in [0.2, 0.25) is 0 Å². The highest BCUT2D eigenvalue weighted by atomic mass is 16.5. The van der Waals surface area contributed by atoms with Gasteiger partial charge in [0.15, 0.2) is 11.5 Å². The molecule has 0 spiro atoms. The normalized spacial score (nSPS) is 20.8. The van der Waals surface area contributed by atoms with Crippen molar-refractivity contribution in [1.29, 1.82) is 0 Å². The third-order valence-electron chi connectivity index (χ3n) is 4.94. The van der Waals surface area contributed by atoms with Crippen LogP contribution in [0.1, 0.15) is 37.3 Å². The highest BCUT2D eigenvalue weighted by Gasteiger charge is 2.26. The van der Waals surface area contributed by atoms with Gasteiger partial charge in [-0.1, -0.05) is 6.42 Å². The van der Waals surface area contributed by atoms with Gasteiger partial charge in [0.1, 0.15) is 5.82 Å². The first-order chi connectivity index (χ1) is 11.7. The maximum absolute atomic E-state index is 9.52. The van der Waals surface area contributed by atoms with Gasteiger partial charge < -0.3 is 19.1 Å². The summed E-state index contributed by atoms with van der Waals surface area (Å²) in [6.07, 6.45) is 8.23. The number of rotatable bonds is 5. The highest BCUT2D eigenvalue weighted by molar-refractivity contribution is 5.70. The molecule has 24 heavy (non-hydrogen) atoms. The number of benzene rings is 1. The molecule has 0 bridgehead atoms. The molecule has 130 valence electrons. The van der Waals surface area contributed by atoms with E-state index < -0.39 is 0 Å². The zero-order valence-corrected chi connectivity index (χ0v) is 14.7. The first kappa shape index (κ1) is 16.8. The Bertz CT molecular complexity index is 696. The second kappa shape index (κ2) is 7.26. The Morgan fingerprint density at radius 3 is 2.79 bits per heavy atom. The molecule has 1 saturated carbocycles. The highest BCUT2D eigenvalue weighted by Crippen LogP contribution is 2.41. The maximum Gasteiger partial charge on any atom is 0.171 e. The van der Waals surface area contributed by atoms with Gasteiger partial charge in [0.05, 0.1) is 19.8 Å². The van der Waals surface area contributed by atoms with Crippen LogP contribution in [0, 0.1) is 12.8 Å². The van der Waals surface area contributed by atoms with Crippen molar-refractivity contribution >= 4 is 0 Å². The predicted molar refractivity (Wildman–Crippen MR) is 93.6 cm³/mol. The maximum atomic E-state index is 9.52. The van der Waals surface area contributed by atoms with E-state index in [1.807, 2.05) is 25.4 Å². The van der Waals surface area contributed by atoms with Gasteiger partial charge >= 0.3 is 0 Å². The van der Waals surface area contributed by atoms with Crippen LogP contribution in [-0.4, -0.2) is 35.5 Å². The summed E-state index contributed by atoms with van der Waals surface area (Å²) in [5.41, 5.74) is 2.06. The Morgan fingerprint density at radius 2 is 2.08 bits per heavy atom. The average Bonchev–Trinajstić information content (AvgIpc) is 3.10. The van der Waals surface area contributed by atoms with Gasteiger partial charge in [-0.3, -0.25) is 0 Å². The van der Waals surface area contributed by atoms with Crippen molar-refractivity contribution in [2.45, 2.75) is 38.6 Å². The Morgan fingerprint density at radius 1 is 1.25 bits per heavy atom. The fraction of sp³-hybridized carbons (Fsp3) is 0.526. The third kappa shape index (κ3) is 3.13. The quantitative estimate of drug-likeness (QED) is 0.910. The van der Waals surface area contributed by atoms with E-state index in [2.05, 4.69) is 15.6 Å². The van der Waals surface area contributed by atoms with E-state index in [4.69, 9.17) is 9.47 Å². The summed E-state index contributed by atoms with van der Waals surface area (Å²) in [6, 6.07) is 4.43. The molecular weight excluding hydrogens is 304 g/mol. The molecule has 0 radical (unpaired) electrons. The summed E-state index contributed by atoms with van der Waals surface area (Å²) < 4.78 is 13.3. The zero-order chi connectivity index (χ0) is 17.1. The topological polar surface area (TPSA) is 56.5 Å². The van der Waals surface area contributed by atoms with Crippen LogP contribution in [-0.2, 0) is 0 Å². The molecule has 3 rings (SSSR count). The number of imidazole rings is 1. The number of ether oxygens (including phenoxy) is 2. The summed E-state index contributed by atoms with van der Waals surface area (Å²) in [5.74, 6) is 2.72. The monoisotopic (exact) mass is 330 g/mol. The number of aryl methyl sites for hydroxylation is 1. The summed E-state index contributed by atoms with van der Waals surface area (Å²) in [6.45, 7) is 2.31. The molecule has 5 nitrogen and oxygen atoms in total. The Kier molecular flexibility index (Phi) is 5.09. The van der Waals surface area contributed by atoms with Gasteiger partial charge in [-0.15, -0.1) is 0 Å². The van der Waals surface area contributed by atoms with Crippen LogP contribution in [0.3, 0.4) is 0 Å². The van der Waals surface area contributed by atoms with Gasteiger partial charge in [-0.05, 0) is 49.8 Å². The lowest BCUT2D eigenvalue weighted by Gasteiger charge is -2.30. The van der Waals surface area contributed by atoms with Crippen LogP contribution in [0.15, 0.2) is 24.5 Å². The third-order valence-corrected chi connectivity index (χ3v) is 4.94. The smallest absolute Gasteiger partial charge is 0.171 e. The number of nitrogens with zero attached hydrogens (tertiary/aromatic N) is 2. The van der Waals surface area contributed by atoms with E-state index >= 15 is 0 Å². The molecule has 1 aliphatic carbocycles. The van der Waals surface area contributed by atoms with Crippen LogP contribution in [0.5, 0.6) is 11.5 Å². The molecular formula is C19H26N2O3. The van der Waals surface area contributed by atoms with Gasteiger partial charge in [-0.25, -0.2) is 4.98 Å². The number of aliphatic hydroxyl groups excluding tert-OH is 1. The van der Waals surface area contributed by atoms with E-state index in [9.17, 15) is 5.11 Å². The minimum atomic E-state index is 0.266. The van der Waals surface area contributed by atoms with Gasteiger partial charge in [-0.2, -0.15) is 0 Å². The summed E-state index contributed by atoms with van der Waals surface area (Å²) in [7, 11) is 3.31. The van der Waals surface area contributed by atoms with Crippen molar-refractivity contribution in [1.82, 2.24) is 9.55 Å². The lowest BCUT2D eigenvalue weighted by Crippen LogP contribution is -2.21. The fourth-order valence-corrected chi connectivity index (χ4v) is 3.77.